The lowest BCUT2D eigenvalue weighted by Gasteiger charge is -2.16. The number of hydrogen-bond donors (Lipinski definition) is 2. The van der Waals surface area contributed by atoms with E-state index in [0.29, 0.717) is 28.0 Å². The molecule has 0 radical (unpaired) electrons. The van der Waals surface area contributed by atoms with Gasteiger partial charge in [-0.05, 0) is 60.7 Å². The molecule has 0 saturated carbocycles. The highest BCUT2D eigenvalue weighted by Gasteiger charge is 2.21. The second-order valence-corrected chi connectivity index (χ2v) is 9.97. The normalized spacial score (nSPS) is 12.4. The smallest absolute Gasteiger partial charge is 0.325 e. The highest BCUT2D eigenvalue weighted by Crippen LogP contribution is 2.31. The summed E-state index contributed by atoms with van der Waals surface area (Å²) in [5.74, 6) is -0.190. The summed E-state index contributed by atoms with van der Waals surface area (Å²) in [7, 11) is -0.941. The second-order valence-electron chi connectivity index (χ2n) is 7.44. The molecule has 1 heterocycles. The van der Waals surface area contributed by atoms with Crippen molar-refractivity contribution in [3.63, 3.8) is 0 Å². The minimum atomic E-state index is -3.87. The second kappa shape index (κ2) is 9.50. The van der Waals surface area contributed by atoms with Crippen molar-refractivity contribution in [3.8, 4) is 11.4 Å². The Bertz CT molecular complexity index is 1550. The Labute approximate surface area is 203 Å². The van der Waals surface area contributed by atoms with Gasteiger partial charge in [0, 0.05) is 18.1 Å². The molecule has 0 saturated heterocycles. The van der Waals surface area contributed by atoms with Gasteiger partial charge < -0.3 is 15.0 Å². The molecule has 10 nitrogen and oxygen atoms in total. The third kappa shape index (κ3) is 4.77. The molecule has 0 fully saturated rings. The van der Waals surface area contributed by atoms with E-state index in [2.05, 4.69) is 0 Å². The predicted octanol–water partition coefficient (Wildman–Crippen LogP) is 3.08. The van der Waals surface area contributed by atoms with Crippen molar-refractivity contribution in [2.24, 2.45) is 5.73 Å². The fourth-order valence-corrected chi connectivity index (χ4v) is 5.24. The molecule has 0 aliphatic rings. The lowest BCUT2D eigenvalue weighted by molar-refractivity contribution is 0.0994. The molecule has 4 rings (SSSR count). The third-order valence-electron chi connectivity index (χ3n) is 5.34. The average Bonchev–Trinajstić information content (AvgIpc) is 3.23. The number of anilines is 1. The molecule has 4 aromatic rings. The number of rotatable bonds is 8. The van der Waals surface area contributed by atoms with Crippen molar-refractivity contribution in [2.45, 2.75) is 9.79 Å². The summed E-state index contributed by atoms with van der Waals surface area (Å²) in [6.07, 6.45) is 0. The maximum absolute atomic E-state index is 13.3. The number of fused-ring (bicyclic) bond motifs is 1. The van der Waals surface area contributed by atoms with Crippen LogP contribution >= 0.6 is 0 Å². The van der Waals surface area contributed by atoms with Crippen LogP contribution in [0.5, 0.6) is 5.75 Å². The number of amides is 1. The number of carbonyl (C=O) groups excluding carboxylic acids is 1. The Morgan fingerprint density at radius 3 is 2.37 bits per heavy atom. The molecular weight excluding hydrogens is 494 g/mol. The standard InChI is InChI=1S/C23H21N3O7S2/c1-25(33-34(28)29)16-7-6-15-12-22(23(24)27)26(21(15)14-16)17-4-3-5-20(13-17)35(30,31)19-10-8-18(32-2)9-11-19/h3-14H,1-2H3,(H2,24,27)(H,28,29). The number of methoxy groups -OCH3 is 1. The molecule has 1 aromatic heterocycles. The van der Waals surface area contributed by atoms with Crippen LogP contribution < -0.4 is 15.5 Å². The zero-order valence-corrected chi connectivity index (χ0v) is 20.2. The maximum atomic E-state index is 13.3. The Kier molecular flexibility index (Phi) is 6.63. The van der Waals surface area contributed by atoms with E-state index in [4.69, 9.17) is 19.3 Å². The van der Waals surface area contributed by atoms with E-state index >= 15 is 0 Å². The van der Waals surface area contributed by atoms with Crippen LogP contribution in [0.15, 0.2) is 82.6 Å². The third-order valence-corrected chi connectivity index (χ3v) is 7.45. The summed E-state index contributed by atoms with van der Waals surface area (Å²) in [4.78, 5) is 12.4. The fraction of sp³-hybridized carbons (Fsp3) is 0.0870. The van der Waals surface area contributed by atoms with Crippen LogP contribution in [0.3, 0.4) is 0 Å². The molecule has 1 amide bonds. The van der Waals surface area contributed by atoms with Crippen LogP contribution in [0, 0.1) is 0 Å². The van der Waals surface area contributed by atoms with E-state index in [0.717, 1.165) is 5.06 Å². The van der Waals surface area contributed by atoms with E-state index in [1.807, 2.05) is 0 Å². The molecule has 3 aromatic carbocycles. The number of nitrogens with two attached hydrogens (primary N) is 1. The van der Waals surface area contributed by atoms with Crippen molar-refractivity contribution < 1.29 is 31.0 Å². The maximum Gasteiger partial charge on any atom is 0.325 e. The van der Waals surface area contributed by atoms with Gasteiger partial charge in [-0.1, -0.05) is 12.1 Å². The largest absolute Gasteiger partial charge is 0.497 e. The first-order valence-corrected chi connectivity index (χ1v) is 12.6. The van der Waals surface area contributed by atoms with Gasteiger partial charge in [-0.3, -0.25) is 9.35 Å². The molecule has 12 heteroatoms. The number of hydrogen-bond acceptors (Lipinski definition) is 7. The van der Waals surface area contributed by atoms with E-state index < -0.39 is 27.1 Å². The molecule has 0 spiro atoms. The molecule has 1 unspecified atom stereocenters. The summed E-state index contributed by atoms with van der Waals surface area (Å²) in [6, 6.07) is 18.7. The summed E-state index contributed by atoms with van der Waals surface area (Å²) in [5, 5.41) is 1.74. The molecule has 35 heavy (non-hydrogen) atoms. The van der Waals surface area contributed by atoms with E-state index in [-0.39, 0.29) is 15.5 Å². The van der Waals surface area contributed by atoms with Crippen molar-refractivity contribution in [3.05, 3.63) is 78.5 Å². The van der Waals surface area contributed by atoms with Crippen LogP contribution in [0.25, 0.3) is 16.6 Å². The molecule has 0 aliphatic heterocycles. The monoisotopic (exact) mass is 515 g/mol. The van der Waals surface area contributed by atoms with Crippen molar-refractivity contribution in [2.75, 3.05) is 19.2 Å². The van der Waals surface area contributed by atoms with Crippen LogP contribution in [0.2, 0.25) is 0 Å². The number of sulfone groups is 1. The SMILES string of the molecule is COc1ccc(S(=O)(=O)c2cccc(-n3c(C(N)=O)cc4ccc(N(C)OS(=O)O)cc43)c2)cc1. The van der Waals surface area contributed by atoms with Crippen molar-refractivity contribution in [1.82, 2.24) is 4.57 Å². The summed E-state index contributed by atoms with van der Waals surface area (Å²) >= 11 is -2.54. The van der Waals surface area contributed by atoms with E-state index in [1.165, 1.54) is 43.0 Å². The minimum Gasteiger partial charge on any atom is -0.497 e. The number of nitrogens with zero attached hydrogens (tertiary/aromatic N) is 2. The van der Waals surface area contributed by atoms with Crippen LogP contribution in [0.1, 0.15) is 10.5 Å². The van der Waals surface area contributed by atoms with Gasteiger partial charge in [0.05, 0.1) is 28.1 Å². The first-order chi connectivity index (χ1) is 16.6. The van der Waals surface area contributed by atoms with Crippen molar-refractivity contribution >= 4 is 43.7 Å². The highest BCUT2D eigenvalue weighted by molar-refractivity contribution is 7.91. The topological polar surface area (TPSA) is 141 Å². The number of carbonyl (C=O) groups is 1. The number of primary amides is 1. The molecule has 182 valence electrons. The number of ether oxygens (including phenoxy) is 1. The van der Waals surface area contributed by atoms with Gasteiger partial charge in [0.15, 0.2) is 0 Å². The van der Waals surface area contributed by atoms with Crippen LogP contribution in [0.4, 0.5) is 5.69 Å². The minimum absolute atomic E-state index is 0.0183. The van der Waals surface area contributed by atoms with Crippen LogP contribution in [-0.4, -0.2) is 41.8 Å². The molecular formula is C23H21N3O7S2. The van der Waals surface area contributed by atoms with Gasteiger partial charge >= 0.3 is 11.4 Å². The predicted molar refractivity (Wildman–Crippen MR) is 130 cm³/mol. The van der Waals surface area contributed by atoms with Crippen LogP contribution in [-0.2, 0) is 25.5 Å². The Balaban J connectivity index is 1.86. The van der Waals surface area contributed by atoms with Gasteiger partial charge in [0.25, 0.3) is 5.91 Å². The Hall–Kier alpha value is -3.71. The van der Waals surface area contributed by atoms with E-state index in [9.17, 15) is 17.4 Å². The summed E-state index contributed by atoms with van der Waals surface area (Å²) < 4.78 is 58.0. The molecule has 1 atom stereocenters. The first-order valence-electron chi connectivity index (χ1n) is 10.1. The lowest BCUT2D eigenvalue weighted by atomic mass is 10.2. The summed E-state index contributed by atoms with van der Waals surface area (Å²) in [6.45, 7) is 0. The van der Waals surface area contributed by atoms with Gasteiger partial charge in [-0.15, -0.1) is 4.28 Å². The summed E-state index contributed by atoms with van der Waals surface area (Å²) in [5.41, 5.74) is 7.06. The first kappa shape index (κ1) is 24.4. The Morgan fingerprint density at radius 2 is 1.74 bits per heavy atom. The zero-order valence-electron chi connectivity index (χ0n) is 18.6. The molecule has 3 N–H and O–H groups in total. The van der Waals surface area contributed by atoms with Gasteiger partial charge in [-0.2, -0.15) is 4.21 Å². The van der Waals surface area contributed by atoms with Crippen molar-refractivity contribution in [1.29, 1.82) is 0 Å². The van der Waals surface area contributed by atoms with Gasteiger partial charge in [-0.25, -0.2) is 13.5 Å². The quantitative estimate of drug-likeness (QED) is 0.269. The molecule has 0 aliphatic carbocycles. The molecule has 0 bridgehead atoms. The fourth-order valence-electron chi connectivity index (χ4n) is 3.66. The average molecular weight is 516 g/mol. The van der Waals surface area contributed by atoms with Gasteiger partial charge in [0.2, 0.25) is 9.84 Å². The number of hydroxylamine groups is 1. The zero-order chi connectivity index (χ0) is 25.3. The van der Waals surface area contributed by atoms with E-state index in [1.54, 1.807) is 48.5 Å². The Morgan fingerprint density at radius 1 is 1.03 bits per heavy atom. The van der Waals surface area contributed by atoms with Gasteiger partial charge in [0.1, 0.15) is 11.4 Å². The number of aromatic nitrogens is 1. The number of benzene rings is 3. The lowest BCUT2D eigenvalue weighted by Crippen LogP contribution is -2.19. The highest BCUT2D eigenvalue weighted by atomic mass is 32.2.